The van der Waals surface area contributed by atoms with E-state index >= 15 is 0 Å². The molecule has 0 bridgehead atoms. The highest BCUT2D eigenvalue weighted by Gasteiger charge is 2.52. The van der Waals surface area contributed by atoms with Crippen LogP contribution in [0.3, 0.4) is 0 Å². The number of tetrazole rings is 1. The summed E-state index contributed by atoms with van der Waals surface area (Å²) in [6, 6.07) is 14.7. The maximum absolute atomic E-state index is 14.2. The van der Waals surface area contributed by atoms with Crippen molar-refractivity contribution in [3.63, 3.8) is 0 Å². The number of carbonyl (C=O) groups excluding carboxylic acids is 2. The molecule has 1 saturated carbocycles. The van der Waals surface area contributed by atoms with Crippen LogP contribution in [0.1, 0.15) is 93.2 Å². The Morgan fingerprint density at radius 1 is 1.18 bits per heavy atom. The Hall–Kier alpha value is -3.59. The number of benzene rings is 2. The maximum Gasteiger partial charge on any atom is 0.275 e. The molecule has 2 amide bonds. The predicted octanol–water partition coefficient (Wildman–Crippen LogP) is 5.50. The molecule has 1 aromatic heterocycles. The number of hydrogen-bond donors (Lipinski definition) is 2. The highest BCUT2D eigenvalue weighted by molar-refractivity contribution is 6.47. The van der Waals surface area contributed by atoms with Crippen molar-refractivity contribution in [3.05, 3.63) is 76.1 Å². The van der Waals surface area contributed by atoms with Crippen LogP contribution in [-0.2, 0) is 11.3 Å². The number of nitrogens with one attached hydrogen (secondary N) is 2. The highest BCUT2D eigenvalue weighted by Crippen LogP contribution is 2.49. The number of aromatic nitrogens is 4. The quantitative estimate of drug-likeness (QED) is 0.395. The minimum absolute atomic E-state index is 0.0646. The Kier molecular flexibility index (Phi) is 7.77. The molecule has 3 aromatic rings. The lowest BCUT2D eigenvalue weighted by Crippen LogP contribution is -2.51. The molecule has 1 aliphatic carbocycles. The minimum Gasteiger partial charge on any atom is -0.345 e. The van der Waals surface area contributed by atoms with Crippen molar-refractivity contribution in [1.29, 1.82) is 0 Å². The van der Waals surface area contributed by atoms with Gasteiger partial charge in [-0.2, -0.15) is 5.21 Å². The normalized spacial score (nSPS) is 21.9. The molecule has 2 N–H and O–H groups in total. The van der Waals surface area contributed by atoms with Crippen LogP contribution in [0.2, 0.25) is 5.02 Å². The standard InChI is InChI=1S/C30H36ClN7O2/c1-5-24(19-9-11-20(12-10-19)27(39)32-18-25-34-36-37-35-25)38-28(40)26(21-7-6-8-23(31)17-21)33-30(38)15-13-22(14-16-30)29(2,3)4/h6-12,17,22,24H,5,13-16,18H2,1-4H3,(H,32,39)(H,34,35,36,37). The van der Waals surface area contributed by atoms with Gasteiger partial charge in [0, 0.05) is 16.1 Å². The van der Waals surface area contributed by atoms with Gasteiger partial charge in [-0.1, -0.05) is 68.8 Å². The number of H-pyrrole nitrogens is 1. The van der Waals surface area contributed by atoms with Gasteiger partial charge in [-0.25, -0.2) is 0 Å². The maximum atomic E-state index is 14.2. The van der Waals surface area contributed by atoms with Crippen molar-refractivity contribution in [1.82, 2.24) is 30.8 Å². The van der Waals surface area contributed by atoms with Crippen molar-refractivity contribution in [2.45, 2.75) is 78.0 Å². The molecule has 9 nitrogen and oxygen atoms in total. The average molecular weight is 562 g/mol. The van der Waals surface area contributed by atoms with Crippen LogP contribution in [0, 0.1) is 11.3 Å². The fourth-order valence-corrected chi connectivity index (χ4v) is 6.30. The van der Waals surface area contributed by atoms with Gasteiger partial charge in [0.1, 0.15) is 11.4 Å². The topological polar surface area (TPSA) is 116 Å². The Morgan fingerprint density at radius 3 is 2.50 bits per heavy atom. The Bertz CT molecular complexity index is 1390. The van der Waals surface area contributed by atoms with Crippen molar-refractivity contribution < 1.29 is 9.59 Å². The summed E-state index contributed by atoms with van der Waals surface area (Å²) < 4.78 is 0. The monoisotopic (exact) mass is 561 g/mol. The van der Waals surface area contributed by atoms with Crippen LogP contribution in [0.4, 0.5) is 0 Å². The number of hydrogen-bond acceptors (Lipinski definition) is 6. The summed E-state index contributed by atoms with van der Waals surface area (Å²) in [6.07, 6.45) is 4.37. The summed E-state index contributed by atoms with van der Waals surface area (Å²) in [4.78, 5) is 34.1. The van der Waals surface area contributed by atoms with Gasteiger partial charge in [0.15, 0.2) is 5.82 Å². The first-order chi connectivity index (χ1) is 19.1. The molecule has 10 heteroatoms. The fourth-order valence-electron chi connectivity index (χ4n) is 6.11. The number of nitrogens with zero attached hydrogens (tertiary/aromatic N) is 5. The zero-order valence-corrected chi connectivity index (χ0v) is 24.2. The van der Waals surface area contributed by atoms with E-state index in [1.54, 1.807) is 12.1 Å². The summed E-state index contributed by atoms with van der Waals surface area (Å²) in [5, 5.41) is 17.0. The van der Waals surface area contributed by atoms with Crippen LogP contribution in [0.5, 0.6) is 0 Å². The van der Waals surface area contributed by atoms with E-state index in [-0.39, 0.29) is 29.8 Å². The van der Waals surface area contributed by atoms with Crippen molar-refractivity contribution in [2.75, 3.05) is 0 Å². The second kappa shape index (κ2) is 11.1. The molecule has 1 atom stereocenters. The predicted molar refractivity (Wildman–Crippen MR) is 154 cm³/mol. The second-order valence-electron chi connectivity index (χ2n) is 11.8. The molecule has 5 rings (SSSR count). The number of aromatic amines is 1. The third-order valence-corrected chi connectivity index (χ3v) is 8.59. The van der Waals surface area contributed by atoms with Gasteiger partial charge in [-0.3, -0.25) is 14.6 Å². The first kappa shape index (κ1) is 28.0. The van der Waals surface area contributed by atoms with Gasteiger partial charge in [-0.05, 0) is 73.3 Å². The summed E-state index contributed by atoms with van der Waals surface area (Å²) in [5.41, 5.74) is 2.33. The van der Waals surface area contributed by atoms with Crippen LogP contribution >= 0.6 is 11.6 Å². The van der Waals surface area contributed by atoms with Gasteiger partial charge >= 0.3 is 0 Å². The van der Waals surface area contributed by atoms with E-state index in [0.29, 0.717) is 28.0 Å². The van der Waals surface area contributed by atoms with E-state index in [1.807, 2.05) is 41.3 Å². The van der Waals surface area contributed by atoms with Gasteiger partial charge in [0.2, 0.25) is 0 Å². The van der Waals surface area contributed by atoms with Gasteiger partial charge in [0.05, 0.1) is 12.6 Å². The molecule has 1 aliphatic heterocycles. The number of carbonyl (C=O) groups is 2. The van der Waals surface area contributed by atoms with E-state index < -0.39 is 5.66 Å². The SMILES string of the molecule is CCC(c1ccc(C(=O)NCc2nn[nH]n2)cc1)N1C(=O)C(c2cccc(Cl)c2)=NC12CCC(C(C)(C)C)CC2. The smallest absolute Gasteiger partial charge is 0.275 e. The molecule has 2 aromatic carbocycles. The highest BCUT2D eigenvalue weighted by atomic mass is 35.5. The first-order valence-electron chi connectivity index (χ1n) is 13.9. The number of halogens is 1. The Labute approximate surface area is 239 Å². The van der Waals surface area contributed by atoms with Crippen LogP contribution in [0.15, 0.2) is 53.5 Å². The molecule has 1 fully saturated rings. The van der Waals surface area contributed by atoms with Crippen molar-refractivity contribution >= 4 is 29.1 Å². The molecular formula is C30H36ClN7O2. The van der Waals surface area contributed by atoms with E-state index in [1.165, 1.54) is 0 Å². The lowest BCUT2D eigenvalue weighted by atomic mass is 9.69. The molecule has 0 radical (unpaired) electrons. The zero-order chi connectivity index (χ0) is 28.5. The zero-order valence-electron chi connectivity index (χ0n) is 23.4. The Morgan fingerprint density at radius 2 is 1.90 bits per heavy atom. The summed E-state index contributed by atoms with van der Waals surface area (Å²) in [5.74, 6) is 0.687. The molecule has 1 unspecified atom stereocenters. The molecule has 40 heavy (non-hydrogen) atoms. The third-order valence-electron chi connectivity index (χ3n) is 8.35. The van der Waals surface area contributed by atoms with Gasteiger partial charge < -0.3 is 10.2 Å². The van der Waals surface area contributed by atoms with E-state index in [0.717, 1.165) is 43.2 Å². The minimum atomic E-state index is -0.599. The second-order valence-corrected chi connectivity index (χ2v) is 12.3. The molecule has 210 valence electrons. The molecule has 0 saturated heterocycles. The van der Waals surface area contributed by atoms with Crippen molar-refractivity contribution in [3.8, 4) is 0 Å². The average Bonchev–Trinajstić information content (AvgIpc) is 3.55. The summed E-state index contributed by atoms with van der Waals surface area (Å²) in [7, 11) is 0. The molecule has 2 aliphatic rings. The number of rotatable bonds is 7. The lowest BCUT2D eigenvalue weighted by molar-refractivity contribution is -0.133. The van der Waals surface area contributed by atoms with Crippen LogP contribution in [0.25, 0.3) is 0 Å². The summed E-state index contributed by atoms with van der Waals surface area (Å²) >= 11 is 6.31. The van der Waals surface area contributed by atoms with Crippen LogP contribution in [-0.4, -0.2) is 48.7 Å². The Balaban J connectivity index is 1.43. The van der Waals surface area contributed by atoms with E-state index in [9.17, 15) is 9.59 Å². The largest absolute Gasteiger partial charge is 0.345 e. The molecule has 2 heterocycles. The van der Waals surface area contributed by atoms with E-state index in [2.05, 4.69) is 53.6 Å². The fraction of sp³-hybridized carbons (Fsp3) is 0.467. The molecule has 1 spiro atoms. The van der Waals surface area contributed by atoms with Gasteiger partial charge in [-0.15, -0.1) is 10.2 Å². The number of aliphatic imine (C=N–C) groups is 1. The van der Waals surface area contributed by atoms with Crippen molar-refractivity contribution in [2.24, 2.45) is 16.3 Å². The van der Waals surface area contributed by atoms with Crippen LogP contribution < -0.4 is 5.32 Å². The van der Waals surface area contributed by atoms with Gasteiger partial charge in [0.25, 0.3) is 11.8 Å². The lowest BCUT2D eigenvalue weighted by Gasteiger charge is -2.47. The van der Waals surface area contributed by atoms with E-state index in [4.69, 9.17) is 16.6 Å². The third kappa shape index (κ3) is 5.52. The molecular weight excluding hydrogens is 526 g/mol. The summed E-state index contributed by atoms with van der Waals surface area (Å²) in [6.45, 7) is 9.15. The first-order valence-corrected chi connectivity index (χ1v) is 14.3. The number of amides is 2.